The lowest BCUT2D eigenvalue weighted by Crippen LogP contribution is -2.37. The Balaban J connectivity index is 2.41. The van der Waals surface area contributed by atoms with Gasteiger partial charge < -0.3 is 4.74 Å². The summed E-state index contributed by atoms with van der Waals surface area (Å²) in [5.41, 5.74) is 1.68. The minimum Gasteiger partial charge on any atom is -0.357 e. The molecule has 2 heterocycles. The SMILES string of the molecule is COC1C(C)=C(C)C(=O)N1c1ccccn1. The lowest BCUT2D eigenvalue weighted by atomic mass is 10.2. The van der Waals surface area contributed by atoms with Crippen LogP contribution in [0.4, 0.5) is 5.82 Å². The maximum absolute atomic E-state index is 12.0. The van der Waals surface area contributed by atoms with Gasteiger partial charge in [-0.3, -0.25) is 9.69 Å². The summed E-state index contributed by atoms with van der Waals surface area (Å²) in [6.07, 6.45) is 1.33. The van der Waals surface area contributed by atoms with Gasteiger partial charge in [-0.05, 0) is 31.6 Å². The fourth-order valence-corrected chi connectivity index (χ4v) is 1.84. The number of rotatable bonds is 2. The lowest BCUT2D eigenvalue weighted by Gasteiger charge is -2.23. The van der Waals surface area contributed by atoms with Crippen LogP contribution in [0.25, 0.3) is 0 Å². The van der Waals surface area contributed by atoms with E-state index in [0.717, 1.165) is 11.1 Å². The molecular formula is C12H14N2O2. The average molecular weight is 218 g/mol. The van der Waals surface area contributed by atoms with E-state index in [2.05, 4.69) is 4.98 Å². The first kappa shape index (κ1) is 10.8. The summed E-state index contributed by atoms with van der Waals surface area (Å²) < 4.78 is 5.34. The molecule has 1 aliphatic rings. The standard InChI is InChI=1S/C12H14N2O2/c1-8-9(2)12(16-3)14(11(8)15)10-6-4-5-7-13-10/h4-7,12H,1-3H3. The molecule has 1 amide bonds. The highest BCUT2D eigenvalue weighted by atomic mass is 16.5. The number of pyridine rings is 1. The molecule has 0 saturated carbocycles. The maximum atomic E-state index is 12.0. The summed E-state index contributed by atoms with van der Waals surface area (Å²) in [6, 6.07) is 5.47. The first-order chi connectivity index (χ1) is 7.66. The van der Waals surface area contributed by atoms with Crippen molar-refractivity contribution in [1.29, 1.82) is 0 Å². The van der Waals surface area contributed by atoms with E-state index in [9.17, 15) is 4.79 Å². The van der Waals surface area contributed by atoms with Gasteiger partial charge >= 0.3 is 0 Å². The second-order valence-corrected chi connectivity index (χ2v) is 3.76. The third kappa shape index (κ3) is 1.51. The molecule has 0 N–H and O–H groups in total. The van der Waals surface area contributed by atoms with Crippen LogP contribution < -0.4 is 4.90 Å². The van der Waals surface area contributed by atoms with Crippen LogP contribution >= 0.6 is 0 Å². The molecule has 1 aromatic heterocycles. The molecule has 84 valence electrons. The predicted octanol–water partition coefficient (Wildman–Crippen LogP) is 1.74. The molecular weight excluding hydrogens is 204 g/mol. The Labute approximate surface area is 94.5 Å². The van der Waals surface area contributed by atoms with Crippen LogP contribution in [0.5, 0.6) is 0 Å². The first-order valence-corrected chi connectivity index (χ1v) is 5.11. The number of methoxy groups -OCH3 is 1. The second kappa shape index (κ2) is 4.06. The molecule has 1 aromatic rings. The topological polar surface area (TPSA) is 42.4 Å². The summed E-state index contributed by atoms with van der Waals surface area (Å²) in [4.78, 5) is 17.8. The van der Waals surface area contributed by atoms with Crippen LogP contribution in [-0.4, -0.2) is 24.2 Å². The summed E-state index contributed by atoms with van der Waals surface area (Å²) in [5.74, 6) is 0.582. The fourth-order valence-electron chi connectivity index (χ4n) is 1.84. The van der Waals surface area contributed by atoms with E-state index in [1.807, 2.05) is 26.0 Å². The van der Waals surface area contributed by atoms with Gasteiger partial charge in [-0.2, -0.15) is 0 Å². The van der Waals surface area contributed by atoms with Crippen LogP contribution in [0.15, 0.2) is 35.5 Å². The Kier molecular flexibility index (Phi) is 2.75. The number of carbonyl (C=O) groups excluding carboxylic acids is 1. The number of carbonyl (C=O) groups is 1. The van der Waals surface area contributed by atoms with Crippen molar-refractivity contribution in [3.8, 4) is 0 Å². The van der Waals surface area contributed by atoms with Crippen LogP contribution in [0, 0.1) is 0 Å². The number of hydrogen-bond acceptors (Lipinski definition) is 3. The Bertz CT molecular complexity index is 440. The molecule has 1 aliphatic heterocycles. The highest BCUT2D eigenvalue weighted by Crippen LogP contribution is 2.29. The third-order valence-electron chi connectivity index (χ3n) is 2.86. The van der Waals surface area contributed by atoms with Crippen molar-refractivity contribution in [2.24, 2.45) is 0 Å². The number of hydrogen-bond donors (Lipinski definition) is 0. The van der Waals surface area contributed by atoms with Crippen molar-refractivity contribution < 1.29 is 9.53 Å². The minimum absolute atomic E-state index is 0.0388. The number of anilines is 1. The molecule has 0 bridgehead atoms. The van der Waals surface area contributed by atoms with Crippen molar-refractivity contribution in [1.82, 2.24) is 4.98 Å². The minimum atomic E-state index is -0.331. The van der Waals surface area contributed by atoms with E-state index in [1.165, 1.54) is 0 Å². The van der Waals surface area contributed by atoms with Crippen molar-refractivity contribution in [2.75, 3.05) is 12.0 Å². The van der Waals surface area contributed by atoms with E-state index in [0.29, 0.717) is 5.82 Å². The van der Waals surface area contributed by atoms with Gasteiger partial charge in [0, 0.05) is 18.9 Å². The highest BCUT2D eigenvalue weighted by Gasteiger charge is 2.36. The molecule has 0 saturated heterocycles. The van der Waals surface area contributed by atoms with Gasteiger partial charge in [0.2, 0.25) is 0 Å². The smallest absolute Gasteiger partial charge is 0.257 e. The van der Waals surface area contributed by atoms with Gasteiger partial charge in [0.05, 0.1) is 0 Å². The molecule has 0 spiro atoms. The number of aromatic nitrogens is 1. The summed E-state index contributed by atoms with van der Waals surface area (Å²) >= 11 is 0. The lowest BCUT2D eigenvalue weighted by molar-refractivity contribution is -0.115. The average Bonchev–Trinajstić information content (AvgIpc) is 2.54. The molecule has 1 atom stereocenters. The van der Waals surface area contributed by atoms with Gasteiger partial charge in [0.1, 0.15) is 5.82 Å². The summed E-state index contributed by atoms with van der Waals surface area (Å²) in [7, 11) is 1.59. The number of ether oxygens (including phenoxy) is 1. The van der Waals surface area contributed by atoms with Crippen molar-refractivity contribution in [2.45, 2.75) is 20.1 Å². The fraction of sp³-hybridized carbons (Fsp3) is 0.333. The van der Waals surface area contributed by atoms with Crippen LogP contribution in [0.1, 0.15) is 13.8 Å². The van der Waals surface area contributed by atoms with Crippen LogP contribution in [0.2, 0.25) is 0 Å². The van der Waals surface area contributed by atoms with Gasteiger partial charge in [0.15, 0.2) is 6.23 Å². The van der Waals surface area contributed by atoms with Crippen molar-refractivity contribution in [3.05, 3.63) is 35.5 Å². The number of nitrogens with zero attached hydrogens (tertiary/aromatic N) is 2. The molecule has 1 unspecified atom stereocenters. The highest BCUT2D eigenvalue weighted by molar-refractivity contribution is 6.08. The van der Waals surface area contributed by atoms with E-state index in [-0.39, 0.29) is 12.1 Å². The third-order valence-corrected chi connectivity index (χ3v) is 2.86. The van der Waals surface area contributed by atoms with E-state index in [1.54, 1.807) is 24.3 Å². The molecule has 0 fully saturated rings. The Morgan fingerprint density at radius 1 is 1.38 bits per heavy atom. The van der Waals surface area contributed by atoms with E-state index < -0.39 is 0 Å². The van der Waals surface area contributed by atoms with Gasteiger partial charge in [-0.15, -0.1) is 0 Å². The summed E-state index contributed by atoms with van der Waals surface area (Å²) in [6.45, 7) is 3.72. The molecule has 16 heavy (non-hydrogen) atoms. The maximum Gasteiger partial charge on any atom is 0.257 e. The Morgan fingerprint density at radius 3 is 2.69 bits per heavy atom. The van der Waals surface area contributed by atoms with Crippen LogP contribution in [-0.2, 0) is 9.53 Å². The van der Waals surface area contributed by atoms with Gasteiger partial charge in [0.25, 0.3) is 5.91 Å². The molecule has 0 radical (unpaired) electrons. The van der Waals surface area contributed by atoms with E-state index in [4.69, 9.17) is 4.74 Å². The first-order valence-electron chi connectivity index (χ1n) is 5.11. The zero-order valence-electron chi connectivity index (χ0n) is 9.60. The molecule has 0 aromatic carbocycles. The second-order valence-electron chi connectivity index (χ2n) is 3.76. The molecule has 4 nitrogen and oxygen atoms in total. The van der Waals surface area contributed by atoms with Crippen molar-refractivity contribution >= 4 is 11.7 Å². The van der Waals surface area contributed by atoms with E-state index >= 15 is 0 Å². The Morgan fingerprint density at radius 2 is 2.12 bits per heavy atom. The van der Waals surface area contributed by atoms with Crippen LogP contribution in [0.3, 0.4) is 0 Å². The number of amides is 1. The van der Waals surface area contributed by atoms with Crippen molar-refractivity contribution in [3.63, 3.8) is 0 Å². The molecule has 2 rings (SSSR count). The zero-order valence-corrected chi connectivity index (χ0v) is 9.60. The quantitative estimate of drug-likeness (QED) is 0.759. The Hall–Kier alpha value is -1.68. The predicted molar refractivity (Wildman–Crippen MR) is 60.9 cm³/mol. The monoisotopic (exact) mass is 218 g/mol. The van der Waals surface area contributed by atoms with Gasteiger partial charge in [-0.25, -0.2) is 4.98 Å². The zero-order chi connectivity index (χ0) is 11.7. The van der Waals surface area contributed by atoms with Gasteiger partial charge in [-0.1, -0.05) is 6.07 Å². The molecule has 4 heteroatoms. The normalized spacial score (nSPS) is 20.8. The molecule has 0 aliphatic carbocycles. The largest absolute Gasteiger partial charge is 0.357 e. The summed E-state index contributed by atoms with van der Waals surface area (Å²) in [5, 5.41) is 0.